The van der Waals surface area contributed by atoms with Crippen molar-refractivity contribution in [1.29, 1.82) is 0 Å². The Bertz CT molecular complexity index is 229. The first kappa shape index (κ1) is 7.97. The third-order valence-electron chi connectivity index (χ3n) is 1.42. The zero-order chi connectivity index (χ0) is 8.27. The molecule has 1 aromatic rings. The molecule has 1 heterocycles. The van der Waals surface area contributed by atoms with Crippen molar-refractivity contribution in [1.82, 2.24) is 0 Å². The normalized spacial score (nSPS) is 10.0. The smallest absolute Gasteiger partial charge is 0.154 e. The molecule has 4 heteroatoms. The Hall–Kier alpha value is -1.13. The molecule has 0 saturated carbocycles. The number of aldehydes is 1. The molecule has 0 saturated heterocycles. The average molecular weight is 156 g/mol. The lowest BCUT2D eigenvalue weighted by atomic mass is 10.2. The molecular formula is C7H8O4. The van der Waals surface area contributed by atoms with Gasteiger partial charge in [-0.2, -0.15) is 0 Å². The first-order chi connectivity index (χ1) is 5.33. The van der Waals surface area contributed by atoms with Gasteiger partial charge < -0.3 is 14.6 Å². The Balaban J connectivity index is 3.08. The van der Waals surface area contributed by atoms with E-state index in [1.54, 1.807) is 0 Å². The number of hydrogen-bond donors (Lipinski definition) is 2. The summed E-state index contributed by atoms with van der Waals surface area (Å²) in [7, 11) is 0. The van der Waals surface area contributed by atoms with Crippen molar-refractivity contribution in [3.05, 3.63) is 23.2 Å². The van der Waals surface area contributed by atoms with E-state index >= 15 is 0 Å². The third kappa shape index (κ3) is 1.31. The molecule has 11 heavy (non-hydrogen) atoms. The number of carbonyl (C=O) groups excluding carboxylic acids is 1. The van der Waals surface area contributed by atoms with Crippen LogP contribution in [0.15, 0.2) is 10.7 Å². The largest absolute Gasteiger partial charge is 0.466 e. The van der Waals surface area contributed by atoms with Crippen molar-refractivity contribution in [3.63, 3.8) is 0 Å². The lowest BCUT2D eigenvalue weighted by Crippen LogP contribution is -1.91. The molecular weight excluding hydrogens is 148 g/mol. The van der Waals surface area contributed by atoms with Gasteiger partial charge in [-0.15, -0.1) is 0 Å². The molecule has 0 unspecified atom stereocenters. The minimum Gasteiger partial charge on any atom is -0.466 e. The Labute approximate surface area is 63.1 Å². The molecule has 0 aliphatic rings. The summed E-state index contributed by atoms with van der Waals surface area (Å²) in [5, 5.41) is 17.3. The standard InChI is InChI=1S/C7H8O4/c8-1-5-4-11-7(3-10)6(5)2-9/h2,4,8,10H,1,3H2. The van der Waals surface area contributed by atoms with Crippen molar-refractivity contribution in [2.45, 2.75) is 13.2 Å². The van der Waals surface area contributed by atoms with Gasteiger partial charge in [0.05, 0.1) is 18.4 Å². The molecule has 1 aromatic heterocycles. The van der Waals surface area contributed by atoms with Crippen LogP contribution in [-0.2, 0) is 13.2 Å². The monoisotopic (exact) mass is 156 g/mol. The van der Waals surface area contributed by atoms with Crippen molar-refractivity contribution in [2.24, 2.45) is 0 Å². The van der Waals surface area contributed by atoms with Crippen LogP contribution in [0.4, 0.5) is 0 Å². The van der Waals surface area contributed by atoms with E-state index in [9.17, 15) is 4.79 Å². The molecule has 1 rings (SSSR count). The summed E-state index contributed by atoms with van der Waals surface area (Å²) in [6, 6.07) is 0. The van der Waals surface area contributed by atoms with Crippen LogP contribution < -0.4 is 0 Å². The lowest BCUT2D eigenvalue weighted by molar-refractivity contribution is 0.111. The minimum absolute atomic E-state index is 0.198. The number of carbonyl (C=O) groups is 1. The average Bonchev–Trinajstić information content (AvgIpc) is 2.45. The second kappa shape index (κ2) is 3.32. The molecule has 0 atom stereocenters. The fraction of sp³-hybridized carbons (Fsp3) is 0.286. The van der Waals surface area contributed by atoms with Gasteiger partial charge in [-0.25, -0.2) is 0 Å². The number of hydrogen-bond acceptors (Lipinski definition) is 4. The van der Waals surface area contributed by atoms with Crippen molar-refractivity contribution >= 4 is 6.29 Å². The highest BCUT2D eigenvalue weighted by Gasteiger charge is 2.10. The zero-order valence-electron chi connectivity index (χ0n) is 5.78. The Morgan fingerprint density at radius 3 is 2.64 bits per heavy atom. The van der Waals surface area contributed by atoms with E-state index in [-0.39, 0.29) is 24.5 Å². The summed E-state index contributed by atoms with van der Waals surface area (Å²) in [5.41, 5.74) is 0.652. The van der Waals surface area contributed by atoms with Gasteiger partial charge in [0, 0.05) is 5.56 Å². The van der Waals surface area contributed by atoms with Gasteiger partial charge in [0.25, 0.3) is 0 Å². The van der Waals surface area contributed by atoms with Crippen molar-refractivity contribution in [3.8, 4) is 0 Å². The molecule has 0 aliphatic heterocycles. The molecule has 0 radical (unpaired) electrons. The van der Waals surface area contributed by atoms with E-state index in [4.69, 9.17) is 14.6 Å². The topological polar surface area (TPSA) is 70.7 Å². The Morgan fingerprint density at radius 2 is 2.18 bits per heavy atom. The molecule has 0 amide bonds. The second-order valence-electron chi connectivity index (χ2n) is 2.03. The predicted molar refractivity (Wildman–Crippen MR) is 35.9 cm³/mol. The van der Waals surface area contributed by atoms with Gasteiger partial charge >= 0.3 is 0 Å². The van der Waals surface area contributed by atoms with Crippen LogP contribution >= 0.6 is 0 Å². The van der Waals surface area contributed by atoms with Crippen molar-refractivity contribution < 1.29 is 19.4 Å². The number of aliphatic hydroxyl groups excluding tert-OH is 2. The van der Waals surface area contributed by atoms with Gasteiger partial charge in [-0.1, -0.05) is 0 Å². The van der Waals surface area contributed by atoms with E-state index in [2.05, 4.69) is 0 Å². The SMILES string of the molecule is O=Cc1c(CO)coc1CO. The first-order valence-corrected chi connectivity index (χ1v) is 3.09. The Morgan fingerprint density at radius 1 is 1.45 bits per heavy atom. The van der Waals surface area contributed by atoms with E-state index in [1.807, 2.05) is 0 Å². The van der Waals surface area contributed by atoms with Crippen LogP contribution in [0.2, 0.25) is 0 Å². The highest BCUT2D eigenvalue weighted by Crippen LogP contribution is 2.14. The highest BCUT2D eigenvalue weighted by molar-refractivity contribution is 5.78. The number of aliphatic hydroxyl groups is 2. The maximum Gasteiger partial charge on any atom is 0.154 e. The summed E-state index contributed by atoms with van der Waals surface area (Å²) < 4.78 is 4.79. The lowest BCUT2D eigenvalue weighted by Gasteiger charge is -1.90. The van der Waals surface area contributed by atoms with Gasteiger partial charge in [0.2, 0.25) is 0 Å². The molecule has 0 spiro atoms. The summed E-state index contributed by atoms with van der Waals surface area (Å²) in [6.07, 6.45) is 1.82. The van der Waals surface area contributed by atoms with Gasteiger partial charge in [0.15, 0.2) is 6.29 Å². The number of rotatable bonds is 3. The summed E-state index contributed by atoms with van der Waals surface area (Å²) in [5.74, 6) is 0.198. The maximum absolute atomic E-state index is 10.3. The summed E-state index contributed by atoms with van der Waals surface area (Å²) in [6.45, 7) is -0.578. The summed E-state index contributed by atoms with van der Waals surface area (Å²) >= 11 is 0. The van der Waals surface area contributed by atoms with E-state index in [0.717, 1.165) is 0 Å². The number of furan rings is 1. The van der Waals surface area contributed by atoms with Crippen LogP contribution in [0.1, 0.15) is 21.7 Å². The molecule has 0 aromatic carbocycles. The van der Waals surface area contributed by atoms with E-state index in [0.29, 0.717) is 11.8 Å². The van der Waals surface area contributed by atoms with E-state index < -0.39 is 0 Å². The molecule has 0 fully saturated rings. The van der Waals surface area contributed by atoms with Crippen LogP contribution in [0.3, 0.4) is 0 Å². The molecule has 60 valence electrons. The predicted octanol–water partition coefficient (Wildman–Crippen LogP) is 0.0767. The van der Waals surface area contributed by atoms with Crippen molar-refractivity contribution in [2.75, 3.05) is 0 Å². The minimum atomic E-state index is -0.325. The fourth-order valence-corrected chi connectivity index (χ4v) is 0.835. The van der Waals surface area contributed by atoms with Crippen LogP contribution in [0.25, 0.3) is 0 Å². The zero-order valence-corrected chi connectivity index (χ0v) is 5.78. The molecule has 0 bridgehead atoms. The van der Waals surface area contributed by atoms with E-state index in [1.165, 1.54) is 6.26 Å². The quantitative estimate of drug-likeness (QED) is 0.608. The first-order valence-electron chi connectivity index (χ1n) is 3.09. The van der Waals surface area contributed by atoms with Gasteiger partial charge in [0.1, 0.15) is 12.4 Å². The van der Waals surface area contributed by atoms with Crippen LogP contribution in [0.5, 0.6) is 0 Å². The summed E-state index contributed by atoms with van der Waals surface area (Å²) in [4.78, 5) is 10.3. The maximum atomic E-state index is 10.3. The van der Waals surface area contributed by atoms with Crippen LogP contribution in [-0.4, -0.2) is 16.5 Å². The molecule has 0 aliphatic carbocycles. The molecule has 2 N–H and O–H groups in total. The molecule has 4 nitrogen and oxygen atoms in total. The van der Waals surface area contributed by atoms with Crippen LogP contribution in [0, 0.1) is 0 Å². The highest BCUT2D eigenvalue weighted by atomic mass is 16.4. The van der Waals surface area contributed by atoms with Gasteiger partial charge in [-0.3, -0.25) is 4.79 Å². The fourth-order valence-electron chi connectivity index (χ4n) is 0.835. The van der Waals surface area contributed by atoms with Gasteiger partial charge in [-0.05, 0) is 0 Å². The third-order valence-corrected chi connectivity index (χ3v) is 1.42. The Kier molecular flexibility index (Phi) is 2.40. The second-order valence-corrected chi connectivity index (χ2v) is 2.03.